The molecule has 1 aliphatic carbocycles. The van der Waals surface area contributed by atoms with Gasteiger partial charge in [0.05, 0.1) is 0 Å². The summed E-state index contributed by atoms with van der Waals surface area (Å²) in [5.41, 5.74) is 0. The molecule has 0 saturated heterocycles. The van der Waals surface area contributed by atoms with Crippen LogP contribution in [-0.4, -0.2) is 30.3 Å². The van der Waals surface area contributed by atoms with E-state index in [4.69, 9.17) is 5.11 Å². The van der Waals surface area contributed by atoms with E-state index in [9.17, 15) is 4.79 Å². The van der Waals surface area contributed by atoms with Crippen LogP contribution in [0.5, 0.6) is 0 Å². The van der Waals surface area contributed by atoms with Crippen LogP contribution in [0, 0.1) is 11.8 Å². The van der Waals surface area contributed by atoms with E-state index in [1.54, 1.807) is 0 Å². The van der Waals surface area contributed by atoms with Gasteiger partial charge < -0.3 is 15.7 Å². The van der Waals surface area contributed by atoms with Gasteiger partial charge >= 0.3 is 6.03 Å². The average Bonchev–Trinajstić information content (AvgIpc) is 2.27. The number of carbonyl (C=O) groups excluding carboxylic acids is 1. The molecule has 0 aliphatic heterocycles. The van der Waals surface area contributed by atoms with Gasteiger partial charge in [-0.2, -0.15) is 0 Å². The summed E-state index contributed by atoms with van der Waals surface area (Å²) in [7, 11) is 0. The average molecular weight is 228 g/mol. The Kier molecular flexibility index (Phi) is 5.60. The molecule has 0 unspecified atom stereocenters. The molecule has 4 nitrogen and oxygen atoms in total. The third-order valence-corrected chi connectivity index (χ3v) is 3.11. The summed E-state index contributed by atoms with van der Waals surface area (Å²) in [4.78, 5) is 11.5. The van der Waals surface area contributed by atoms with Crippen molar-refractivity contribution in [1.82, 2.24) is 10.6 Å². The Morgan fingerprint density at radius 3 is 2.44 bits per heavy atom. The van der Waals surface area contributed by atoms with Crippen LogP contribution in [0.4, 0.5) is 4.79 Å². The molecule has 1 fully saturated rings. The van der Waals surface area contributed by atoms with Gasteiger partial charge in [0, 0.05) is 19.2 Å². The van der Waals surface area contributed by atoms with Gasteiger partial charge in [-0.15, -0.1) is 0 Å². The first kappa shape index (κ1) is 13.3. The van der Waals surface area contributed by atoms with Crippen molar-refractivity contribution >= 4 is 6.03 Å². The number of hydrogen-bond acceptors (Lipinski definition) is 2. The van der Waals surface area contributed by atoms with Crippen LogP contribution in [0.1, 0.15) is 39.5 Å². The summed E-state index contributed by atoms with van der Waals surface area (Å²) in [5.74, 6) is 0.924. The molecular formula is C12H24N2O2. The fraction of sp³-hybridized carbons (Fsp3) is 0.917. The number of aliphatic hydroxyl groups excluding tert-OH is 1. The fourth-order valence-electron chi connectivity index (χ4n) is 2.02. The van der Waals surface area contributed by atoms with Crippen LogP contribution in [0.3, 0.4) is 0 Å². The van der Waals surface area contributed by atoms with E-state index in [2.05, 4.69) is 24.5 Å². The van der Waals surface area contributed by atoms with Gasteiger partial charge in [-0.3, -0.25) is 0 Å². The highest BCUT2D eigenvalue weighted by Gasteiger charge is 2.21. The Morgan fingerprint density at radius 1 is 1.31 bits per heavy atom. The maximum atomic E-state index is 11.5. The summed E-state index contributed by atoms with van der Waals surface area (Å²) in [6, 6.07) is 0.233. The lowest BCUT2D eigenvalue weighted by Gasteiger charge is -2.28. The van der Waals surface area contributed by atoms with Gasteiger partial charge in [0.25, 0.3) is 0 Å². The number of nitrogens with one attached hydrogen (secondary N) is 2. The fourth-order valence-corrected chi connectivity index (χ4v) is 2.02. The number of rotatable bonds is 4. The quantitative estimate of drug-likeness (QED) is 0.682. The number of carbonyl (C=O) groups is 1. The predicted molar refractivity (Wildman–Crippen MR) is 64.2 cm³/mol. The molecule has 0 bridgehead atoms. The van der Waals surface area contributed by atoms with Gasteiger partial charge in [0.1, 0.15) is 0 Å². The minimum atomic E-state index is -0.0545. The molecule has 0 heterocycles. The number of urea groups is 1. The van der Waals surface area contributed by atoms with Crippen LogP contribution < -0.4 is 10.6 Å². The van der Waals surface area contributed by atoms with Crippen LogP contribution in [0.25, 0.3) is 0 Å². The maximum absolute atomic E-state index is 11.5. The molecule has 0 aromatic carbocycles. The largest absolute Gasteiger partial charge is 0.396 e. The third kappa shape index (κ3) is 4.84. The number of amides is 2. The second-order valence-corrected chi connectivity index (χ2v) is 5.15. The summed E-state index contributed by atoms with van der Waals surface area (Å²) < 4.78 is 0. The zero-order valence-electron chi connectivity index (χ0n) is 10.3. The van der Waals surface area contributed by atoms with Gasteiger partial charge in [-0.05, 0) is 37.5 Å². The molecule has 1 saturated carbocycles. The van der Waals surface area contributed by atoms with Crippen LogP contribution in [-0.2, 0) is 0 Å². The summed E-state index contributed by atoms with van der Waals surface area (Å²) in [6.07, 6.45) is 4.01. The third-order valence-electron chi connectivity index (χ3n) is 3.11. The topological polar surface area (TPSA) is 61.4 Å². The van der Waals surface area contributed by atoms with Crippen LogP contribution in [0.15, 0.2) is 0 Å². The van der Waals surface area contributed by atoms with E-state index in [1.165, 1.54) is 0 Å². The summed E-state index contributed by atoms with van der Waals surface area (Å²) in [5, 5.41) is 14.8. The molecule has 2 amide bonds. The molecule has 0 spiro atoms. The lowest BCUT2D eigenvalue weighted by Crippen LogP contribution is -2.44. The van der Waals surface area contributed by atoms with E-state index in [1.807, 2.05) is 0 Å². The summed E-state index contributed by atoms with van der Waals surface area (Å²) >= 11 is 0. The molecule has 0 atom stereocenters. The number of aliphatic hydroxyl groups is 1. The number of hydrogen-bond donors (Lipinski definition) is 3. The lowest BCUT2D eigenvalue weighted by atomic mass is 9.87. The molecule has 3 N–H and O–H groups in total. The Labute approximate surface area is 97.8 Å². The van der Waals surface area contributed by atoms with Crippen molar-refractivity contribution in [3.63, 3.8) is 0 Å². The molecule has 4 heteroatoms. The summed E-state index contributed by atoms with van der Waals surface area (Å²) in [6.45, 7) is 5.16. The van der Waals surface area contributed by atoms with Crippen molar-refractivity contribution in [2.24, 2.45) is 11.8 Å². The van der Waals surface area contributed by atoms with Crippen molar-refractivity contribution in [2.45, 2.75) is 45.6 Å². The molecule has 94 valence electrons. The highest BCUT2D eigenvalue weighted by atomic mass is 16.3. The van der Waals surface area contributed by atoms with Crippen molar-refractivity contribution in [2.75, 3.05) is 13.2 Å². The molecular weight excluding hydrogens is 204 g/mol. The second-order valence-electron chi connectivity index (χ2n) is 5.15. The minimum Gasteiger partial charge on any atom is -0.396 e. The smallest absolute Gasteiger partial charge is 0.315 e. The molecule has 1 rings (SSSR count). The van der Waals surface area contributed by atoms with Crippen LogP contribution >= 0.6 is 0 Å². The van der Waals surface area contributed by atoms with Gasteiger partial charge in [0.15, 0.2) is 0 Å². The Balaban J connectivity index is 2.15. The Hall–Kier alpha value is -0.770. The molecule has 0 aromatic heterocycles. The van der Waals surface area contributed by atoms with Crippen molar-refractivity contribution in [1.29, 1.82) is 0 Å². The minimum absolute atomic E-state index is 0.0545. The Bertz CT molecular complexity index is 211. The van der Waals surface area contributed by atoms with Crippen molar-refractivity contribution in [3.8, 4) is 0 Å². The maximum Gasteiger partial charge on any atom is 0.315 e. The first-order valence-corrected chi connectivity index (χ1v) is 6.27. The first-order valence-electron chi connectivity index (χ1n) is 6.27. The van der Waals surface area contributed by atoms with Crippen molar-refractivity contribution in [3.05, 3.63) is 0 Å². The zero-order valence-corrected chi connectivity index (χ0v) is 10.3. The zero-order chi connectivity index (χ0) is 12.0. The van der Waals surface area contributed by atoms with E-state index >= 15 is 0 Å². The normalized spacial score (nSPS) is 25.5. The highest BCUT2D eigenvalue weighted by Crippen LogP contribution is 2.23. The van der Waals surface area contributed by atoms with Gasteiger partial charge in [0.2, 0.25) is 0 Å². The van der Waals surface area contributed by atoms with Gasteiger partial charge in [-0.1, -0.05) is 13.8 Å². The monoisotopic (exact) mass is 228 g/mol. The lowest BCUT2D eigenvalue weighted by molar-refractivity contribution is 0.174. The van der Waals surface area contributed by atoms with Crippen molar-refractivity contribution < 1.29 is 9.90 Å². The molecule has 0 aromatic rings. The van der Waals surface area contributed by atoms with E-state index < -0.39 is 0 Å². The highest BCUT2D eigenvalue weighted by molar-refractivity contribution is 5.74. The van der Waals surface area contributed by atoms with Gasteiger partial charge in [-0.25, -0.2) is 4.79 Å². The van der Waals surface area contributed by atoms with E-state index in [0.717, 1.165) is 32.2 Å². The molecule has 0 radical (unpaired) electrons. The Morgan fingerprint density at radius 2 is 1.94 bits per heavy atom. The molecule has 1 aliphatic rings. The second kappa shape index (κ2) is 6.74. The SMILES string of the molecule is CC(C)CNC(=O)NC1CCC(CO)CC1. The van der Waals surface area contributed by atoms with E-state index in [0.29, 0.717) is 11.8 Å². The van der Waals surface area contributed by atoms with Crippen LogP contribution in [0.2, 0.25) is 0 Å². The molecule has 16 heavy (non-hydrogen) atoms. The first-order chi connectivity index (χ1) is 7.61. The standard InChI is InChI=1S/C12H24N2O2/c1-9(2)7-13-12(16)14-11-5-3-10(8-15)4-6-11/h9-11,15H,3-8H2,1-2H3,(H2,13,14,16). The predicted octanol–water partition coefficient (Wildman–Crippen LogP) is 1.49. The van der Waals surface area contributed by atoms with E-state index in [-0.39, 0.29) is 18.7 Å².